The third kappa shape index (κ3) is 4.33. The van der Waals surface area contributed by atoms with Gasteiger partial charge in [0.05, 0.1) is 24.1 Å². The normalized spacial score (nSPS) is 12.1. The summed E-state index contributed by atoms with van der Waals surface area (Å²) in [5, 5.41) is 16.9. The first kappa shape index (κ1) is 17.3. The molecule has 8 heteroatoms. The predicted molar refractivity (Wildman–Crippen MR) is 102 cm³/mol. The van der Waals surface area contributed by atoms with Gasteiger partial charge in [-0.3, -0.25) is 4.99 Å². The monoisotopic (exact) mass is 357 g/mol. The van der Waals surface area contributed by atoms with Crippen molar-refractivity contribution in [3.63, 3.8) is 0 Å². The molecule has 132 valence electrons. The van der Waals surface area contributed by atoms with E-state index in [0.29, 0.717) is 25.0 Å². The topological polar surface area (TPSA) is 90.9 Å². The van der Waals surface area contributed by atoms with Crippen LogP contribution in [0, 0.1) is 6.92 Å². The molecule has 0 aliphatic carbocycles. The minimum Gasteiger partial charge on any atom is -0.350 e. The molecule has 0 spiro atoms. The Morgan fingerprint density at radius 1 is 1.24 bits per heavy atom. The van der Waals surface area contributed by atoms with Crippen LogP contribution in [0.4, 0.5) is 0 Å². The zero-order valence-corrected chi connectivity index (χ0v) is 15.7. The number of aryl methyl sites for hydroxylation is 1. The summed E-state index contributed by atoms with van der Waals surface area (Å²) in [6.45, 7) is 7.48. The first-order chi connectivity index (χ1) is 12.0. The molecule has 25 heavy (non-hydrogen) atoms. The number of nitrogens with one attached hydrogen (secondary N) is 3. The summed E-state index contributed by atoms with van der Waals surface area (Å²) in [6, 6.07) is 6.19. The Balaban J connectivity index is 1.56. The average Bonchev–Trinajstić information content (AvgIpc) is 3.21. The molecule has 0 amide bonds. The van der Waals surface area contributed by atoms with E-state index >= 15 is 0 Å². The smallest absolute Gasteiger partial charge is 0.191 e. The number of aromatic nitrogens is 4. The Morgan fingerprint density at radius 3 is 2.76 bits per heavy atom. The van der Waals surface area contributed by atoms with Crippen LogP contribution < -0.4 is 10.6 Å². The van der Waals surface area contributed by atoms with Crippen molar-refractivity contribution in [3.8, 4) is 0 Å². The van der Waals surface area contributed by atoms with Crippen molar-refractivity contribution in [1.29, 1.82) is 0 Å². The van der Waals surface area contributed by atoms with Crippen LogP contribution in [-0.2, 0) is 13.1 Å². The molecule has 0 radical (unpaired) electrons. The molecule has 1 aromatic carbocycles. The Morgan fingerprint density at radius 2 is 2.04 bits per heavy atom. The zero-order chi connectivity index (χ0) is 17.8. The van der Waals surface area contributed by atoms with E-state index in [0.717, 1.165) is 26.9 Å². The molecule has 7 nitrogen and oxygen atoms in total. The number of aromatic amines is 1. The Kier molecular flexibility index (Phi) is 5.28. The Hall–Kier alpha value is -2.48. The van der Waals surface area contributed by atoms with Gasteiger partial charge < -0.3 is 15.6 Å². The number of aliphatic imine (C=N–C) groups is 1. The highest BCUT2D eigenvalue weighted by atomic mass is 32.1. The van der Waals surface area contributed by atoms with Gasteiger partial charge in [0.15, 0.2) is 5.96 Å². The van der Waals surface area contributed by atoms with E-state index in [2.05, 4.69) is 68.7 Å². The zero-order valence-electron chi connectivity index (χ0n) is 14.9. The molecule has 0 aliphatic rings. The number of hydrogen-bond donors (Lipinski definition) is 3. The van der Waals surface area contributed by atoms with Crippen LogP contribution >= 0.6 is 11.3 Å². The molecule has 2 aromatic heterocycles. The van der Waals surface area contributed by atoms with Crippen molar-refractivity contribution in [3.05, 3.63) is 39.6 Å². The molecular weight excluding hydrogens is 334 g/mol. The third-order valence-corrected chi connectivity index (χ3v) is 4.94. The number of nitrogens with zero attached hydrogens (tertiary/aromatic N) is 4. The minimum absolute atomic E-state index is 0.403. The quantitative estimate of drug-likeness (QED) is 0.482. The van der Waals surface area contributed by atoms with Crippen LogP contribution in [0.25, 0.3) is 11.0 Å². The van der Waals surface area contributed by atoms with Crippen molar-refractivity contribution in [2.75, 3.05) is 7.05 Å². The second kappa shape index (κ2) is 7.60. The number of imidazole rings is 1. The summed E-state index contributed by atoms with van der Waals surface area (Å²) in [5.74, 6) is 1.99. The highest BCUT2D eigenvalue weighted by Crippen LogP contribution is 2.18. The fourth-order valence-electron chi connectivity index (χ4n) is 2.38. The van der Waals surface area contributed by atoms with E-state index in [4.69, 9.17) is 0 Å². The largest absolute Gasteiger partial charge is 0.350 e. The second-order valence-electron chi connectivity index (χ2n) is 6.17. The van der Waals surface area contributed by atoms with Crippen molar-refractivity contribution in [2.24, 2.45) is 4.99 Å². The lowest BCUT2D eigenvalue weighted by Gasteiger charge is -2.09. The number of benzene rings is 1. The molecular formula is C17H23N7S. The van der Waals surface area contributed by atoms with Crippen molar-refractivity contribution in [2.45, 2.75) is 39.8 Å². The van der Waals surface area contributed by atoms with E-state index in [1.54, 1.807) is 18.4 Å². The predicted octanol–water partition coefficient (Wildman–Crippen LogP) is 2.71. The third-order valence-electron chi connectivity index (χ3n) is 3.72. The standard InChI is InChI=1S/C17H23N7S/c1-10(2)16-24-23-15(25-16)9-20-17(18-4)19-8-14-21-12-6-5-11(3)7-13(12)22-14/h5-7,10H,8-9H2,1-4H3,(H,21,22)(H2,18,19,20). The number of hydrogen-bond acceptors (Lipinski definition) is 5. The highest BCUT2D eigenvalue weighted by Gasteiger charge is 2.09. The maximum Gasteiger partial charge on any atom is 0.191 e. The van der Waals surface area contributed by atoms with Gasteiger partial charge in [-0.15, -0.1) is 10.2 Å². The Bertz CT molecular complexity index is 878. The molecule has 3 aromatic rings. The van der Waals surface area contributed by atoms with Crippen LogP contribution in [-0.4, -0.2) is 33.2 Å². The van der Waals surface area contributed by atoms with Crippen molar-refractivity contribution >= 4 is 28.3 Å². The lowest BCUT2D eigenvalue weighted by atomic mass is 10.2. The van der Waals surface area contributed by atoms with Gasteiger partial charge >= 0.3 is 0 Å². The first-order valence-corrected chi connectivity index (χ1v) is 9.09. The first-order valence-electron chi connectivity index (χ1n) is 8.27. The Labute approximate surface area is 151 Å². The molecule has 2 heterocycles. The maximum absolute atomic E-state index is 4.58. The van der Waals surface area contributed by atoms with Gasteiger partial charge in [0.1, 0.15) is 15.8 Å². The SMILES string of the molecule is CN=C(NCc1nc2ccc(C)cc2[nH]1)NCc1nnc(C(C)C)s1. The number of rotatable bonds is 5. The number of guanidine groups is 1. The van der Waals surface area contributed by atoms with Gasteiger partial charge in [0.25, 0.3) is 0 Å². The summed E-state index contributed by atoms with van der Waals surface area (Å²) < 4.78 is 0. The minimum atomic E-state index is 0.403. The van der Waals surface area contributed by atoms with Gasteiger partial charge in [0, 0.05) is 13.0 Å². The number of fused-ring (bicyclic) bond motifs is 1. The van der Waals surface area contributed by atoms with Gasteiger partial charge in [-0.25, -0.2) is 4.98 Å². The molecule has 0 aliphatic heterocycles. The summed E-state index contributed by atoms with van der Waals surface area (Å²) in [6.07, 6.45) is 0. The van der Waals surface area contributed by atoms with E-state index in [1.165, 1.54) is 5.56 Å². The lowest BCUT2D eigenvalue weighted by molar-refractivity contribution is 0.770. The molecule has 0 unspecified atom stereocenters. The molecule has 0 saturated heterocycles. The summed E-state index contributed by atoms with van der Waals surface area (Å²) in [5.41, 5.74) is 3.24. The average molecular weight is 357 g/mol. The summed E-state index contributed by atoms with van der Waals surface area (Å²) >= 11 is 1.63. The van der Waals surface area contributed by atoms with Gasteiger partial charge in [0.2, 0.25) is 0 Å². The fourth-order valence-corrected chi connectivity index (χ4v) is 3.16. The van der Waals surface area contributed by atoms with Crippen molar-refractivity contribution < 1.29 is 0 Å². The molecule has 3 N–H and O–H groups in total. The fraction of sp³-hybridized carbons (Fsp3) is 0.412. The lowest BCUT2D eigenvalue weighted by Crippen LogP contribution is -2.36. The summed E-state index contributed by atoms with van der Waals surface area (Å²) in [7, 11) is 1.75. The molecule has 0 bridgehead atoms. The summed E-state index contributed by atoms with van der Waals surface area (Å²) in [4.78, 5) is 12.1. The van der Waals surface area contributed by atoms with Crippen molar-refractivity contribution in [1.82, 2.24) is 30.8 Å². The van der Waals surface area contributed by atoms with Crippen LogP contribution in [0.1, 0.15) is 41.2 Å². The van der Waals surface area contributed by atoms with Crippen LogP contribution in [0.2, 0.25) is 0 Å². The van der Waals surface area contributed by atoms with Gasteiger partial charge in [-0.1, -0.05) is 31.3 Å². The van der Waals surface area contributed by atoms with E-state index in [1.807, 2.05) is 6.07 Å². The molecule has 0 fully saturated rings. The van der Waals surface area contributed by atoms with Gasteiger partial charge in [-0.05, 0) is 24.6 Å². The van der Waals surface area contributed by atoms with E-state index in [9.17, 15) is 0 Å². The molecule has 0 atom stereocenters. The second-order valence-corrected chi connectivity index (χ2v) is 7.27. The van der Waals surface area contributed by atoms with Crippen LogP contribution in [0.5, 0.6) is 0 Å². The van der Waals surface area contributed by atoms with E-state index in [-0.39, 0.29) is 0 Å². The van der Waals surface area contributed by atoms with Crippen LogP contribution in [0.15, 0.2) is 23.2 Å². The number of H-pyrrole nitrogens is 1. The highest BCUT2D eigenvalue weighted by molar-refractivity contribution is 7.11. The maximum atomic E-state index is 4.58. The van der Waals surface area contributed by atoms with Crippen LogP contribution in [0.3, 0.4) is 0 Å². The molecule has 3 rings (SSSR count). The van der Waals surface area contributed by atoms with Gasteiger partial charge in [-0.2, -0.15) is 0 Å². The van der Waals surface area contributed by atoms with E-state index < -0.39 is 0 Å². The molecule has 0 saturated carbocycles.